The zero-order valence-corrected chi connectivity index (χ0v) is 10.4. The largest absolute Gasteiger partial charge is 0.469 e. The molecule has 0 saturated heterocycles. The summed E-state index contributed by atoms with van der Waals surface area (Å²) in [5.74, 6) is -0.590. The van der Waals surface area contributed by atoms with Crippen molar-refractivity contribution >= 4 is 33.9 Å². The number of aldehydes is 1. The Balaban J connectivity index is 3.31. The molecule has 0 fully saturated rings. The van der Waals surface area contributed by atoms with E-state index >= 15 is 0 Å². The van der Waals surface area contributed by atoms with Gasteiger partial charge in [-0.15, -0.1) is 0 Å². The molecule has 0 spiro atoms. The van der Waals surface area contributed by atoms with Gasteiger partial charge in [0.1, 0.15) is 6.29 Å². The Morgan fingerprint density at radius 3 is 2.71 bits per heavy atom. The monoisotopic (exact) mass is 301 g/mol. The molecule has 0 unspecified atom stereocenters. The number of methoxy groups -OCH3 is 1. The summed E-state index contributed by atoms with van der Waals surface area (Å²) in [6, 6.07) is 2.54. The van der Waals surface area contributed by atoms with Crippen LogP contribution in [0.2, 0.25) is 0 Å². The SMILES string of the molecule is COC(=O)Cc1c(Br)cc(C=O)cc1[N+](=O)[O-]. The fourth-order valence-corrected chi connectivity index (χ4v) is 1.87. The topological polar surface area (TPSA) is 86.5 Å². The lowest BCUT2D eigenvalue weighted by atomic mass is 10.1. The lowest BCUT2D eigenvalue weighted by Crippen LogP contribution is -2.08. The summed E-state index contributed by atoms with van der Waals surface area (Å²) < 4.78 is 4.78. The molecule has 0 bridgehead atoms. The second kappa shape index (κ2) is 5.53. The summed E-state index contributed by atoms with van der Waals surface area (Å²) in [4.78, 5) is 31.9. The van der Waals surface area contributed by atoms with Crippen LogP contribution in [0.4, 0.5) is 5.69 Å². The third-order valence-electron chi connectivity index (χ3n) is 2.08. The molecular weight excluding hydrogens is 294 g/mol. The molecule has 90 valence electrons. The Labute approximate surface area is 105 Å². The van der Waals surface area contributed by atoms with Gasteiger partial charge < -0.3 is 4.74 Å². The smallest absolute Gasteiger partial charge is 0.310 e. The van der Waals surface area contributed by atoms with E-state index in [1.54, 1.807) is 0 Å². The van der Waals surface area contributed by atoms with Crippen molar-refractivity contribution in [2.24, 2.45) is 0 Å². The third kappa shape index (κ3) is 3.10. The van der Waals surface area contributed by atoms with Gasteiger partial charge in [-0.05, 0) is 6.07 Å². The second-order valence-electron chi connectivity index (χ2n) is 3.13. The molecule has 0 aromatic heterocycles. The molecule has 1 aromatic carbocycles. The quantitative estimate of drug-likeness (QED) is 0.367. The molecule has 1 aromatic rings. The van der Waals surface area contributed by atoms with E-state index in [-0.39, 0.29) is 23.2 Å². The Bertz CT molecular complexity index is 486. The summed E-state index contributed by atoms with van der Waals surface area (Å²) >= 11 is 3.09. The van der Waals surface area contributed by atoms with Crippen LogP contribution in [0.3, 0.4) is 0 Å². The summed E-state index contributed by atoms with van der Waals surface area (Å²) in [5, 5.41) is 10.8. The van der Waals surface area contributed by atoms with E-state index in [1.165, 1.54) is 13.2 Å². The van der Waals surface area contributed by atoms with E-state index in [9.17, 15) is 19.7 Å². The number of rotatable bonds is 4. The van der Waals surface area contributed by atoms with Gasteiger partial charge in [0.05, 0.1) is 24.0 Å². The average Bonchev–Trinajstić information content (AvgIpc) is 2.30. The first-order valence-corrected chi connectivity index (χ1v) is 5.27. The van der Waals surface area contributed by atoms with Gasteiger partial charge >= 0.3 is 5.97 Å². The first kappa shape index (κ1) is 13.3. The molecule has 0 heterocycles. The van der Waals surface area contributed by atoms with Gasteiger partial charge in [0.2, 0.25) is 0 Å². The molecule has 1 rings (SSSR count). The van der Waals surface area contributed by atoms with Crippen LogP contribution in [-0.4, -0.2) is 24.3 Å². The maximum absolute atomic E-state index is 11.1. The van der Waals surface area contributed by atoms with Crippen molar-refractivity contribution in [3.8, 4) is 0 Å². The molecule has 6 nitrogen and oxygen atoms in total. The molecule has 0 amide bonds. The highest BCUT2D eigenvalue weighted by atomic mass is 79.9. The molecular formula is C10H8BrNO5. The molecule has 0 aliphatic carbocycles. The number of esters is 1. The lowest BCUT2D eigenvalue weighted by molar-refractivity contribution is -0.385. The molecule has 0 N–H and O–H groups in total. The Kier molecular flexibility index (Phi) is 4.33. The van der Waals surface area contributed by atoms with Crippen molar-refractivity contribution in [2.45, 2.75) is 6.42 Å². The lowest BCUT2D eigenvalue weighted by Gasteiger charge is -2.05. The number of carbonyl (C=O) groups excluding carboxylic acids is 2. The van der Waals surface area contributed by atoms with Gasteiger partial charge in [0.25, 0.3) is 5.69 Å². The number of halogens is 1. The van der Waals surface area contributed by atoms with Gasteiger partial charge in [-0.25, -0.2) is 0 Å². The number of hydrogen-bond donors (Lipinski definition) is 0. The van der Waals surface area contributed by atoms with Gasteiger partial charge in [0.15, 0.2) is 0 Å². The van der Waals surface area contributed by atoms with E-state index in [0.29, 0.717) is 10.8 Å². The van der Waals surface area contributed by atoms with E-state index in [1.807, 2.05) is 0 Å². The fourth-order valence-electron chi connectivity index (χ4n) is 1.26. The van der Waals surface area contributed by atoms with Crippen LogP contribution in [0.1, 0.15) is 15.9 Å². The molecule has 7 heteroatoms. The molecule has 17 heavy (non-hydrogen) atoms. The molecule has 0 atom stereocenters. The van der Waals surface area contributed by atoms with Crippen LogP contribution < -0.4 is 0 Å². The fraction of sp³-hybridized carbons (Fsp3) is 0.200. The van der Waals surface area contributed by atoms with E-state index in [0.717, 1.165) is 6.07 Å². The van der Waals surface area contributed by atoms with Crippen molar-refractivity contribution in [1.82, 2.24) is 0 Å². The van der Waals surface area contributed by atoms with Gasteiger partial charge in [0, 0.05) is 16.1 Å². The van der Waals surface area contributed by atoms with Gasteiger partial charge in [-0.3, -0.25) is 19.7 Å². The minimum Gasteiger partial charge on any atom is -0.469 e. The number of nitrogens with zero attached hydrogens (tertiary/aromatic N) is 1. The van der Waals surface area contributed by atoms with Gasteiger partial charge in [-0.1, -0.05) is 15.9 Å². The zero-order valence-electron chi connectivity index (χ0n) is 8.81. The number of hydrogen-bond acceptors (Lipinski definition) is 5. The van der Waals surface area contributed by atoms with Crippen molar-refractivity contribution in [3.05, 3.63) is 37.8 Å². The standard InChI is InChI=1S/C10H8BrNO5/c1-17-10(14)4-7-8(11)2-6(5-13)3-9(7)12(15)16/h2-3,5H,4H2,1H3. The minimum atomic E-state index is -0.643. The van der Waals surface area contributed by atoms with Crippen molar-refractivity contribution in [3.63, 3.8) is 0 Å². The Morgan fingerprint density at radius 1 is 1.59 bits per heavy atom. The number of ether oxygens (including phenoxy) is 1. The van der Waals surface area contributed by atoms with Crippen LogP contribution in [0.15, 0.2) is 16.6 Å². The summed E-state index contributed by atoms with van der Waals surface area (Å²) in [7, 11) is 1.20. The highest BCUT2D eigenvalue weighted by Crippen LogP contribution is 2.29. The van der Waals surface area contributed by atoms with E-state index in [2.05, 4.69) is 20.7 Å². The van der Waals surface area contributed by atoms with Crippen LogP contribution in [-0.2, 0) is 16.0 Å². The van der Waals surface area contributed by atoms with Crippen LogP contribution in [0.25, 0.3) is 0 Å². The van der Waals surface area contributed by atoms with Crippen molar-refractivity contribution in [2.75, 3.05) is 7.11 Å². The minimum absolute atomic E-state index is 0.164. The number of nitro benzene ring substituents is 1. The first-order valence-electron chi connectivity index (χ1n) is 4.48. The third-order valence-corrected chi connectivity index (χ3v) is 2.78. The van der Waals surface area contributed by atoms with Crippen molar-refractivity contribution < 1.29 is 19.2 Å². The molecule has 0 aliphatic heterocycles. The summed E-state index contributed by atoms with van der Waals surface area (Å²) in [6.45, 7) is 0. The number of carbonyl (C=O) groups is 2. The van der Waals surface area contributed by atoms with Crippen LogP contribution in [0.5, 0.6) is 0 Å². The normalized spacial score (nSPS) is 9.76. The summed E-state index contributed by atoms with van der Waals surface area (Å²) in [6.07, 6.45) is 0.270. The maximum Gasteiger partial charge on any atom is 0.310 e. The van der Waals surface area contributed by atoms with Crippen LogP contribution in [0, 0.1) is 10.1 Å². The maximum atomic E-state index is 11.1. The molecule has 0 aliphatic rings. The predicted octanol–water partition coefficient (Wildman–Crippen LogP) is 1.89. The highest BCUT2D eigenvalue weighted by Gasteiger charge is 2.21. The van der Waals surface area contributed by atoms with Crippen LogP contribution >= 0.6 is 15.9 Å². The second-order valence-corrected chi connectivity index (χ2v) is 3.98. The predicted molar refractivity (Wildman–Crippen MR) is 61.9 cm³/mol. The van der Waals surface area contributed by atoms with Crippen molar-refractivity contribution in [1.29, 1.82) is 0 Å². The molecule has 0 radical (unpaired) electrons. The molecule has 0 saturated carbocycles. The summed E-state index contributed by atoms with van der Waals surface area (Å²) in [5.41, 5.74) is 0.0662. The Morgan fingerprint density at radius 2 is 2.24 bits per heavy atom. The highest BCUT2D eigenvalue weighted by molar-refractivity contribution is 9.10. The number of benzene rings is 1. The van der Waals surface area contributed by atoms with E-state index < -0.39 is 10.9 Å². The van der Waals surface area contributed by atoms with Gasteiger partial charge in [-0.2, -0.15) is 0 Å². The first-order chi connectivity index (χ1) is 7.99. The average molecular weight is 302 g/mol. The number of nitro groups is 1. The van der Waals surface area contributed by atoms with E-state index in [4.69, 9.17) is 0 Å². The zero-order chi connectivity index (χ0) is 13.0. The Hall–Kier alpha value is -1.76.